The van der Waals surface area contributed by atoms with Crippen LogP contribution in [0.2, 0.25) is 0 Å². The summed E-state index contributed by atoms with van der Waals surface area (Å²) in [7, 11) is 0. The lowest BCUT2D eigenvalue weighted by Crippen LogP contribution is -2.20. The number of rotatable bonds is 5. The molecule has 0 amide bonds. The summed E-state index contributed by atoms with van der Waals surface area (Å²) in [5.74, 6) is 0.564. The highest BCUT2D eigenvalue weighted by molar-refractivity contribution is 5.61. The maximum Gasteiger partial charge on any atom is 0.333 e. The molecule has 6 heteroatoms. The van der Waals surface area contributed by atoms with E-state index in [-0.39, 0.29) is 16.1 Å². The third-order valence-electron chi connectivity index (χ3n) is 3.13. The van der Waals surface area contributed by atoms with Gasteiger partial charge in [-0.25, -0.2) is 4.68 Å². The molecule has 0 aromatic carbocycles. The van der Waals surface area contributed by atoms with Gasteiger partial charge in [0.2, 0.25) is 5.82 Å². The molecule has 0 radical (unpaired) electrons. The number of nitrogens with one attached hydrogen (secondary N) is 1. The van der Waals surface area contributed by atoms with Crippen molar-refractivity contribution in [3.63, 3.8) is 0 Å². The molecule has 0 saturated heterocycles. The third kappa shape index (κ3) is 2.25. The Bertz CT molecular complexity index is 449. The second kappa shape index (κ2) is 4.01. The maximum absolute atomic E-state index is 11.1. The summed E-state index contributed by atoms with van der Waals surface area (Å²) in [6.07, 6.45) is 3.02. The van der Waals surface area contributed by atoms with E-state index in [2.05, 4.69) is 17.3 Å². The highest BCUT2D eigenvalue weighted by atomic mass is 16.6. The number of aryl methyl sites for hydroxylation is 2. The van der Waals surface area contributed by atoms with Crippen molar-refractivity contribution in [1.82, 2.24) is 9.78 Å². The first-order valence-corrected chi connectivity index (χ1v) is 5.97. The average molecular weight is 238 g/mol. The quantitative estimate of drug-likeness (QED) is 0.631. The van der Waals surface area contributed by atoms with Crippen LogP contribution in [0.5, 0.6) is 0 Å². The lowest BCUT2D eigenvalue weighted by atomic mass is 10.3. The summed E-state index contributed by atoms with van der Waals surface area (Å²) in [4.78, 5) is 10.7. The average Bonchev–Trinajstić information content (AvgIpc) is 2.86. The van der Waals surface area contributed by atoms with Crippen LogP contribution in [0.25, 0.3) is 0 Å². The van der Waals surface area contributed by atoms with Gasteiger partial charge in [0, 0.05) is 12.1 Å². The molecule has 6 nitrogen and oxygen atoms in total. The Labute approximate surface area is 100 Å². The van der Waals surface area contributed by atoms with Gasteiger partial charge in [-0.15, -0.1) is 0 Å². The van der Waals surface area contributed by atoms with Crippen molar-refractivity contribution in [3.8, 4) is 0 Å². The van der Waals surface area contributed by atoms with Crippen molar-refractivity contribution in [3.05, 3.63) is 15.8 Å². The van der Waals surface area contributed by atoms with E-state index >= 15 is 0 Å². The molecule has 1 heterocycles. The van der Waals surface area contributed by atoms with Crippen molar-refractivity contribution in [1.29, 1.82) is 0 Å². The Morgan fingerprint density at radius 1 is 1.59 bits per heavy atom. The first-order chi connectivity index (χ1) is 7.97. The van der Waals surface area contributed by atoms with Crippen molar-refractivity contribution < 1.29 is 4.92 Å². The Kier molecular flexibility index (Phi) is 2.81. The van der Waals surface area contributed by atoms with E-state index in [4.69, 9.17) is 0 Å². The van der Waals surface area contributed by atoms with E-state index in [1.54, 1.807) is 11.6 Å². The molecule has 0 bridgehead atoms. The minimum atomic E-state index is -0.345. The zero-order valence-corrected chi connectivity index (χ0v) is 10.5. The molecule has 1 fully saturated rings. The molecule has 1 aliphatic carbocycles. The zero-order valence-electron chi connectivity index (χ0n) is 10.5. The number of anilines is 1. The van der Waals surface area contributed by atoms with E-state index in [1.165, 1.54) is 0 Å². The van der Waals surface area contributed by atoms with Crippen LogP contribution in [0.1, 0.15) is 38.8 Å². The molecule has 1 N–H and O–H groups in total. The van der Waals surface area contributed by atoms with Crippen LogP contribution in [-0.4, -0.2) is 20.2 Å². The highest BCUT2D eigenvalue weighted by Gasteiger charge is 2.40. The summed E-state index contributed by atoms with van der Waals surface area (Å²) in [5.41, 5.74) is 0.615. The van der Waals surface area contributed by atoms with Gasteiger partial charge in [-0.3, -0.25) is 10.1 Å². The third-order valence-corrected chi connectivity index (χ3v) is 3.13. The molecule has 94 valence electrons. The van der Waals surface area contributed by atoms with Gasteiger partial charge in [0.05, 0.1) is 4.92 Å². The van der Waals surface area contributed by atoms with E-state index < -0.39 is 0 Å². The molecule has 17 heavy (non-hydrogen) atoms. The van der Waals surface area contributed by atoms with E-state index in [9.17, 15) is 10.1 Å². The first kappa shape index (κ1) is 11.9. The predicted octanol–water partition coefficient (Wildman–Crippen LogP) is 2.47. The lowest BCUT2D eigenvalue weighted by Gasteiger charge is -2.13. The summed E-state index contributed by atoms with van der Waals surface area (Å²) in [6.45, 7) is 6.50. The molecular weight excluding hydrogens is 220 g/mol. The molecule has 1 aromatic heterocycles. The standard InChI is InChI=1S/C11H18N4O2/c1-4-7-14-10(12-11(3)5-6-11)9(15(16)17)8(2)13-14/h12H,4-7H2,1-3H3. The van der Waals surface area contributed by atoms with E-state index in [1.807, 2.05) is 6.92 Å². The van der Waals surface area contributed by atoms with Crippen LogP contribution in [0.3, 0.4) is 0 Å². The molecule has 0 aliphatic heterocycles. The monoisotopic (exact) mass is 238 g/mol. The number of aromatic nitrogens is 2. The molecule has 1 aliphatic rings. The fourth-order valence-electron chi connectivity index (χ4n) is 1.89. The van der Waals surface area contributed by atoms with Gasteiger partial charge in [0.25, 0.3) is 0 Å². The summed E-state index contributed by atoms with van der Waals surface area (Å²) in [6, 6.07) is 0. The van der Waals surface area contributed by atoms with Gasteiger partial charge in [0.15, 0.2) is 0 Å². The molecular formula is C11H18N4O2. The van der Waals surface area contributed by atoms with Crippen LogP contribution in [0, 0.1) is 17.0 Å². The number of hydrogen-bond donors (Lipinski definition) is 1. The highest BCUT2D eigenvalue weighted by Crippen LogP contribution is 2.41. The largest absolute Gasteiger partial charge is 0.359 e. The minimum absolute atomic E-state index is 0.0166. The molecule has 2 rings (SSSR count). The van der Waals surface area contributed by atoms with Crippen molar-refractivity contribution in [2.75, 3.05) is 5.32 Å². The van der Waals surface area contributed by atoms with Crippen molar-refractivity contribution in [2.45, 2.75) is 52.1 Å². The fraction of sp³-hybridized carbons (Fsp3) is 0.727. The SMILES string of the molecule is CCCn1nc(C)c([N+](=O)[O-])c1NC1(C)CC1. The Morgan fingerprint density at radius 3 is 2.71 bits per heavy atom. The van der Waals surface area contributed by atoms with Gasteiger partial charge in [-0.05, 0) is 33.1 Å². The Hall–Kier alpha value is -1.59. The fourth-order valence-corrected chi connectivity index (χ4v) is 1.89. The van der Waals surface area contributed by atoms with E-state index in [0.717, 1.165) is 19.3 Å². The molecule has 0 spiro atoms. The van der Waals surface area contributed by atoms with Crippen LogP contribution >= 0.6 is 0 Å². The molecule has 1 aromatic rings. The van der Waals surface area contributed by atoms with Crippen LogP contribution in [0.15, 0.2) is 0 Å². The Morgan fingerprint density at radius 2 is 2.24 bits per heavy atom. The normalized spacial score (nSPS) is 16.9. The van der Waals surface area contributed by atoms with Gasteiger partial charge in [-0.2, -0.15) is 5.10 Å². The minimum Gasteiger partial charge on any atom is -0.359 e. The van der Waals surface area contributed by atoms with Gasteiger partial charge >= 0.3 is 5.69 Å². The van der Waals surface area contributed by atoms with Gasteiger partial charge < -0.3 is 5.32 Å². The van der Waals surface area contributed by atoms with Crippen molar-refractivity contribution >= 4 is 11.5 Å². The van der Waals surface area contributed by atoms with Crippen molar-refractivity contribution in [2.24, 2.45) is 0 Å². The topological polar surface area (TPSA) is 73.0 Å². The van der Waals surface area contributed by atoms with Crippen LogP contribution < -0.4 is 5.32 Å². The number of nitro groups is 1. The maximum atomic E-state index is 11.1. The molecule has 0 unspecified atom stereocenters. The van der Waals surface area contributed by atoms with Gasteiger partial charge in [0.1, 0.15) is 5.69 Å². The smallest absolute Gasteiger partial charge is 0.333 e. The summed E-state index contributed by atoms with van der Waals surface area (Å²) in [5, 5.41) is 18.6. The predicted molar refractivity (Wildman–Crippen MR) is 65.2 cm³/mol. The summed E-state index contributed by atoms with van der Waals surface area (Å²) < 4.78 is 1.72. The number of nitrogens with zero attached hydrogens (tertiary/aromatic N) is 3. The first-order valence-electron chi connectivity index (χ1n) is 5.97. The van der Waals surface area contributed by atoms with Gasteiger partial charge in [-0.1, -0.05) is 6.92 Å². The Balaban J connectivity index is 2.39. The van der Waals surface area contributed by atoms with E-state index in [0.29, 0.717) is 18.1 Å². The zero-order chi connectivity index (χ0) is 12.6. The second-order valence-electron chi connectivity index (χ2n) is 4.95. The van der Waals surface area contributed by atoms with Crippen LogP contribution in [0.4, 0.5) is 11.5 Å². The molecule has 1 saturated carbocycles. The second-order valence-corrected chi connectivity index (χ2v) is 4.95. The summed E-state index contributed by atoms with van der Waals surface area (Å²) >= 11 is 0. The van der Waals surface area contributed by atoms with Crippen LogP contribution in [-0.2, 0) is 6.54 Å². The number of hydrogen-bond acceptors (Lipinski definition) is 4. The lowest BCUT2D eigenvalue weighted by molar-refractivity contribution is -0.384. The molecule has 0 atom stereocenters.